The smallest absolute Gasteiger partial charge is 0.254 e. The Hall–Kier alpha value is -2.64. The SMILES string of the molecule is Cc1ccc(-c2nc(CC(=O)Nc3ccc(Cl)c(C(=O)N(C)C)c3)cs2)o1. The van der Waals surface area contributed by atoms with Crippen molar-refractivity contribution in [3.05, 3.63) is 57.8 Å². The highest BCUT2D eigenvalue weighted by atomic mass is 35.5. The second kappa shape index (κ2) is 7.94. The number of rotatable bonds is 5. The summed E-state index contributed by atoms with van der Waals surface area (Å²) in [5.74, 6) is 1.04. The Morgan fingerprint density at radius 1 is 1.26 bits per heavy atom. The molecule has 6 nitrogen and oxygen atoms in total. The summed E-state index contributed by atoms with van der Waals surface area (Å²) in [6.07, 6.45) is 0.121. The Bertz CT molecular complexity index is 994. The average molecular weight is 404 g/mol. The second-order valence-corrected chi connectivity index (χ2v) is 7.44. The lowest BCUT2D eigenvalue weighted by Crippen LogP contribution is -2.22. The molecule has 2 amide bonds. The highest BCUT2D eigenvalue weighted by molar-refractivity contribution is 7.13. The van der Waals surface area contributed by atoms with E-state index in [0.717, 1.165) is 10.8 Å². The summed E-state index contributed by atoms with van der Waals surface area (Å²) >= 11 is 7.51. The van der Waals surface area contributed by atoms with Crippen LogP contribution in [0.25, 0.3) is 10.8 Å². The van der Waals surface area contributed by atoms with E-state index in [9.17, 15) is 9.59 Å². The van der Waals surface area contributed by atoms with Crippen molar-refractivity contribution in [2.45, 2.75) is 13.3 Å². The molecule has 0 fully saturated rings. The molecule has 0 aliphatic carbocycles. The lowest BCUT2D eigenvalue weighted by Gasteiger charge is -2.13. The third-order valence-corrected chi connectivity index (χ3v) is 4.97. The van der Waals surface area contributed by atoms with E-state index in [4.69, 9.17) is 16.0 Å². The van der Waals surface area contributed by atoms with Crippen molar-refractivity contribution in [1.29, 1.82) is 0 Å². The number of anilines is 1. The summed E-state index contributed by atoms with van der Waals surface area (Å²) in [7, 11) is 3.29. The van der Waals surface area contributed by atoms with Gasteiger partial charge in [0.1, 0.15) is 5.76 Å². The molecule has 0 aliphatic rings. The topological polar surface area (TPSA) is 75.4 Å². The van der Waals surface area contributed by atoms with Crippen LogP contribution in [0.1, 0.15) is 21.8 Å². The van der Waals surface area contributed by atoms with Gasteiger partial charge in [-0.1, -0.05) is 11.6 Å². The van der Waals surface area contributed by atoms with Crippen molar-refractivity contribution in [3.63, 3.8) is 0 Å². The van der Waals surface area contributed by atoms with Gasteiger partial charge < -0.3 is 14.6 Å². The van der Waals surface area contributed by atoms with Gasteiger partial charge in [0.05, 0.1) is 22.7 Å². The van der Waals surface area contributed by atoms with Gasteiger partial charge >= 0.3 is 0 Å². The van der Waals surface area contributed by atoms with E-state index < -0.39 is 0 Å². The maximum Gasteiger partial charge on any atom is 0.254 e. The van der Waals surface area contributed by atoms with Gasteiger partial charge in [0.25, 0.3) is 5.91 Å². The number of nitrogens with one attached hydrogen (secondary N) is 1. The van der Waals surface area contributed by atoms with Crippen molar-refractivity contribution in [2.75, 3.05) is 19.4 Å². The Balaban J connectivity index is 1.69. The number of aryl methyl sites for hydroxylation is 1. The molecular weight excluding hydrogens is 386 g/mol. The van der Waals surface area contributed by atoms with Crippen LogP contribution < -0.4 is 5.32 Å². The summed E-state index contributed by atoms with van der Waals surface area (Å²) in [6.45, 7) is 1.87. The lowest BCUT2D eigenvalue weighted by molar-refractivity contribution is -0.115. The number of halogens is 1. The van der Waals surface area contributed by atoms with Crippen molar-refractivity contribution < 1.29 is 14.0 Å². The molecule has 1 N–H and O–H groups in total. The minimum Gasteiger partial charge on any atom is -0.459 e. The van der Waals surface area contributed by atoms with E-state index in [1.54, 1.807) is 32.3 Å². The molecule has 8 heteroatoms. The molecule has 0 unspecified atom stereocenters. The first-order valence-electron chi connectivity index (χ1n) is 8.16. The summed E-state index contributed by atoms with van der Waals surface area (Å²) in [6, 6.07) is 8.55. The molecule has 140 valence electrons. The summed E-state index contributed by atoms with van der Waals surface area (Å²) in [5.41, 5.74) is 1.50. The Kier molecular flexibility index (Phi) is 5.62. The number of carbonyl (C=O) groups is 2. The van der Waals surface area contributed by atoms with Gasteiger partial charge in [0.2, 0.25) is 5.91 Å². The summed E-state index contributed by atoms with van der Waals surface area (Å²) in [4.78, 5) is 30.3. The fraction of sp³-hybridized carbons (Fsp3) is 0.211. The largest absolute Gasteiger partial charge is 0.459 e. The Morgan fingerprint density at radius 2 is 2.04 bits per heavy atom. The number of benzene rings is 1. The lowest BCUT2D eigenvalue weighted by atomic mass is 10.1. The maximum absolute atomic E-state index is 12.3. The van der Waals surface area contributed by atoms with Crippen LogP contribution in [0.15, 0.2) is 40.1 Å². The number of thiazole rings is 1. The maximum atomic E-state index is 12.3. The molecule has 2 heterocycles. The third-order valence-electron chi connectivity index (χ3n) is 3.73. The average Bonchev–Trinajstić information content (AvgIpc) is 3.24. The van der Waals surface area contributed by atoms with Gasteiger partial charge in [-0.05, 0) is 37.3 Å². The van der Waals surface area contributed by atoms with Gasteiger partial charge in [-0.3, -0.25) is 9.59 Å². The fourth-order valence-corrected chi connectivity index (χ4v) is 3.41. The second-order valence-electron chi connectivity index (χ2n) is 6.17. The van der Waals surface area contributed by atoms with Crippen LogP contribution in [0, 0.1) is 6.92 Å². The van der Waals surface area contributed by atoms with Crippen LogP contribution in [0.4, 0.5) is 5.69 Å². The number of hydrogen-bond acceptors (Lipinski definition) is 5. The highest BCUT2D eigenvalue weighted by Crippen LogP contribution is 2.26. The van der Waals surface area contributed by atoms with Crippen molar-refractivity contribution in [3.8, 4) is 10.8 Å². The number of amides is 2. The van der Waals surface area contributed by atoms with Crippen LogP contribution in [-0.2, 0) is 11.2 Å². The zero-order valence-electron chi connectivity index (χ0n) is 15.1. The quantitative estimate of drug-likeness (QED) is 0.691. The number of carbonyl (C=O) groups excluding carboxylic acids is 2. The zero-order valence-corrected chi connectivity index (χ0v) is 16.6. The van der Waals surface area contributed by atoms with Crippen molar-refractivity contribution >= 4 is 40.4 Å². The number of hydrogen-bond donors (Lipinski definition) is 1. The Morgan fingerprint density at radius 3 is 2.70 bits per heavy atom. The van der Waals surface area contributed by atoms with Crippen molar-refractivity contribution in [2.24, 2.45) is 0 Å². The molecule has 2 aromatic heterocycles. The molecule has 0 saturated heterocycles. The third kappa shape index (κ3) is 4.56. The normalized spacial score (nSPS) is 10.7. The van der Waals surface area contributed by atoms with Crippen LogP contribution in [0.5, 0.6) is 0 Å². The molecule has 0 aliphatic heterocycles. The first-order chi connectivity index (χ1) is 12.8. The van der Waals surface area contributed by atoms with E-state index in [2.05, 4.69) is 10.3 Å². The van der Waals surface area contributed by atoms with E-state index >= 15 is 0 Å². The van der Waals surface area contributed by atoms with Gasteiger partial charge in [-0.15, -0.1) is 11.3 Å². The monoisotopic (exact) mass is 403 g/mol. The molecule has 0 saturated carbocycles. The molecular formula is C19H18ClN3O3S. The predicted molar refractivity (Wildman–Crippen MR) is 106 cm³/mol. The number of aromatic nitrogens is 1. The standard InChI is InChI=1S/C19H18ClN3O3S/c1-11-4-7-16(26-11)18-22-13(10-27-18)9-17(24)21-12-5-6-15(20)14(8-12)19(25)23(2)3/h4-8,10H,9H2,1-3H3,(H,21,24). The zero-order chi connectivity index (χ0) is 19.6. The molecule has 0 bridgehead atoms. The Labute approximate surface area is 165 Å². The molecule has 0 spiro atoms. The first-order valence-corrected chi connectivity index (χ1v) is 9.41. The molecule has 27 heavy (non-hydrogen) atoms. The molecule has 1 aromatic carbocycles. The van der Waals surface area contributed by atoms with Crippen LogP contribution in [-0.4, -0.2) is 35.8 Å². The van der Waals surface area contributed by atoms with E-state index in [-0.39, 0.29) is 18.2 Å². The summed E-state index contributed by atoms with van der Waals surface area (Å²) in [5, 5.41) is 5.68. The van der Waals surface area contributed by atoms with Crippen LogP contribution in [0.3, 0.4) is 0 Å². The van der Waals surface area contributed by atoms with Gasteiger partial charge in [0.15, 0.2) is 10.8 Å². The van der Waals surface area contributed by atoms with Crippen LogP contribution >= 0.6 is 22.9 Å². The minimum atomic E-state index is -0.229. The first kappa shape index (κ1) is 19.1. The van der Waals surface area contributed by atoms with Gasteiger partial charge in [0, 0.05) is 25.2 Å². The van der Waals surface area contributed by atoms with E-state index in [1.165, 1.54) is 16.2 Å². The fourth-order valence-electron chi connectivity index (χ4n) is 2.43. The molecule has 0 radical (unpaired) electrons. The van der Waals surface area contributed by atoms with Gasteiger partial charge in [-0.2, -0.15) is 0 Å². The minimum absolute atomic E-state index is 0.121. The van der Waals surface area contributed by atoms with Crippen LogP contribution in [0.2, 0.25) is 5.02 Å². The number of furan rings is 1. The van der Waals surface area contributed by atoms with Gasteiger partial charge in [-0.25, -0.2) is 4.98 Å². The molecule has 3 aromatic rings. The molecule has 3 rings (SSSR count). The molecule has 0 atom stereocenters. The predicted octanol–water partition coefficient (Wildman–Crippen LogP) is 4.25. The number of nitrogens with zero attached hydrogens (tertiary/aromatic N) is 2. The van der Waals surface area contributed by atoms with Crippen molar-refractivity contribution in [1.82, 2.24) is 9.88 Å². The summed E-state index contributed by atoms with van der Waals surface area (Å²) < 4.78 is 5.55. The highest BCUT2D eigenvalue weighted by Gasteiger charge is 2.15. The van der Waals surface area contributed by atoms with E-state index in [0.29, 0.717) is 27.7 Å². The van der Waals surface area contributed by atoms with E-state index in [1.807, 2.05) is 24.4 Å².